The zero-order valence-electron chi connectivity index (χ0n) is 14.0. The van der Waals surface area contributed by atoms with Gasteiger partial charge in [-0.05, 0) is 55.7 Å². The van der Waals surface area contributed by atoms with Gasteiger partial charge in [-0.25, -0.2) is 0 Å². The quantitative estimate of drug-likeness (QED) is 0.821. The smallest absolute Gasteiger partial charge is 0.223 e. The number of carbonyl (C=O) groups excluding carboxylic acids is 1. The van der Waals surface area contributed by atoms with E-state index in [0.29, 0.717) is 11.8 Å². The Morgan fingerprint density at radius 3 is 2.61 bits per heavy atom. The highest BCUT2D eigenvalue weighted by molar-refractivity contribution is 5.80. The van der Waals surface area contributed by atoms with E-state index in [1.165, 1.54) is 0 Å². The molecule has 1 N–H and O–H groups in total. The Labute approximate surface area is 137 Å². The van der Waals surface area contributed by atoms with Crippen molar-refractivity contribution in [3.05, 3.63) is 35.9 Å². The molecule has 3 rings (SSSR count). The van der Waals surface area contributed by atoms with Crippen LogP contribution in [-0.4, -0.2) is 26.2 Å². The normalized spacial score (nSPS) is 26.1. The minimum Gasteiger partial charge on any atom is -0.493 e. The van der Waals surface area contributed by atoms with E-state index in [0.717, 1.165) is 36.3 Å². The maximum Gasteiger partial charge on any atom is 0.223 e. The molecular weight excluding hydrogens is 290 g/mol. The van der Waals surface area contributed by atoms with Crippen LogP contribution in [0.3, 0.4) is 0 Å². The molecule has 2 aliphatic carbocycles. The average molecular weight is 315 g/mol. The van der Waals surface area contributed by atoms with E-state index in [9.17, 15) is 4.79 Å². The van der Waals surface area contributed by atoms with Gasteiger partial charge in [0.05, 0.1) is 14.2 Å². The number of ether oxygens (including phenoxy) is 2. The number of carbonyl (C=O) groups is 1. The molecule has 0 spiro atoms. The van der Waals surface area contributed by atoms with Gasteiger partial charge in [-0.1, -0.05) is 18.2 Å². The van der Waals surface area contributed by atoms with E-state index in [1.807, 2.05) is 18.2 Å². The van der Waals surface area contributed by atoms with Crippen LogP contribution >= 0.6 is 0 Å². The van der Waals surface area contributed by atoms with Gasteiger partial charge in [0, 0.05) is 12.0 Å². The molecule has 23 heavy (non-hydrogen) atoms. The first kappa shape index (κ1) is 15.9. The summed E-state index contributed by atoms with van der Waals surface area (Å²) in [6, 6.07) is 6.00. The number of nitrogens with one attached hydrogen (secondary N) is 1. The summed E-state index contributed by atoms with van der Waals surface area (Å²) >= 11 is 0. The molecule has 2 bridgehead atoms. The second-order valence-corrected chi connectivity index (χ2v) is 6.69. The molecule has 1 aromatic carbocycles. The first-order valence-corrected chi connectivity index (χ1v) is 8.30. The Bertz CT molecular complexity index is 611. The monoisotopic (exact) mass is 315 g/mol. The van der Waals surface area contributed by atoms with Crippen molar-refractivity contribution in [2.75, 3.05) is 14.2 Å². The summed E-state index contributed by atoms with van der Waals surface area (Å²) in [5.41, 5.74) is 1.13. The lowest BCUT2D eigenvalue weighted by atomic mass is 9.92. The molecule has 1 saturated carbocycles. The summed E-state index contributed by atoms with van der Waals surface area (Å²) < 4.78 is 10.6. The lowest BCUT2D eigenvalue weighted by Gasteiger charge is -2.21. The molecule has 1 aromatic rings. The highest BCUT2D eigenvalue weighted by Crippen LogP contribution is 2.43. The molecule has 2 aliphatic rings. The van der Waals surface area contributed by atoms with E-state index in [-0.39, 0.29) is 17.9 Å². The number of allylic oxidation sites excluding steroid dienone is 2. The minimum absolute atomic E-state index is 0.101. The van der Waals surface area contributed by atoms with Gasteiger partial charge in [-0.3, -0.25) is 4.79 Å². The predicted octanol–water partition coefficient (Wildman–Crippen LogP) is 2.96. The fourth-order valence-corrected chi connectivity index (χ4v) is 3.84. The van der Waals surface area contributed by atoms with Crippen molar-refractivity contribution in [3.63, 3.8) is 0 Å². The van der Waals surface area contributed by atoms with Gasteiger partial charge < -0.3 is 14.8 Å². The van der Waals surface area contributed by atoms with Crippen LogP contribution in [0.2, 0.25) is 0 Å². The lowest BCUT2D eigenvalue weighted by molar-refractivity contribution is -0.126. The highest BCUT2D eigenvalue weighted by Gasteiger charge is 2.39. The summed E-state index contributed by atoms with van der Waals surface area (Å²) in [5, 5.41) is 3.18. The number of benzene rings is 1. The Morgan fingerprint density at radius 2 is 2.00 bits per heavy atom. The molecule has 4 heteroatoms. The number of amides is 1. The first-order chi connectivity index (χ1) is 11.1. The topological polar surface area (TPSA) is 47.6 Å². The Balaban J connectivity index is 1.58. The van der Waals surface area contributed by atoms with E-state index in [2.05, 4.69) is 24.4 Å². The zero-order chi connectivity index (χ0) is 16.4. The zero-order valence-corrected chi connectivity index (χ0v) is 14.0. The lowest BCUT2D eigenvalue weighted by Crippen LogP contribution is -2.39. The molecule has 0 radical (unpaired) electrons. The average Bonchev–Trinajstić information content (AvgIpc) is 3.17. The summed E-state index contributed by atoms with van der Waals surface area (Å²) in [6.07, 6.45) is 7.43. The van der Waals surface area contributed by atoms with Crippen LogP contribution in [0.25, 0.3) is 0 Å². The minimum atomic E-state index is 0.101. The van der Waals surface area contributed by atoms with E-state index in [4.69, 9.17) is 9.47 Å². The second-order valence-electron chi connectivity index (χ2n) is 6.69. The van der Waals surface area contributed by atoms with Crippen LogP contribution < -0.4 is 14.8 Å². The summed E-state index contributed by atoms with van der Waals surface area (Å²) in [7, 11) is 3.26. The summed E-state index contributed by atoms with van der Waals surface area (Å²) in [4.78, 5) is 12.5. The molecular formula is C19H25NO3. The Kier molecular flexibility index (Phi) is 4.60. The number of hydrogen-bond acceptors (Lipinski definition) is 3. The van der Waals surface area contributed by atoms with Gasteiger partial charge in [-0.15, -0.1) is 0 Å². The van der Waals surface area contributed by atoms with Crippen LogP contribution in [0, 0.1) is 17.8 Å². The standard InChI is InChI=1S/C19H25NO3/c1-12(8-13-5-7-17(22-2)18(11-13)23-3)20-19(21)16-10-14-4-6-15(16)9-14/h4-7,11-12,14-16H,8-10H2,1-3H3,(H,20,21)/t12-,14-,15-,16-/m0/s1. The maximum atomic E-state index is 12.5. The van der Waals surface area contributed by atoms with Crippen molar-refractivity contribution in [2.24, 2.45) is 17.8 Å². The van der Waals surface area contributed by atoms with Crippen LogP contribution in [0.1, 0.15) is 25.3 Å². The molecule has 0 unspecified atom stereocenters. The van der Waals surface area contributed by atoms with E-state index in [1.54, 1.807) is 14.2 Å². The predicted molar refractivity (Wildman–Crippen MR) is 89.7 cm³/mol. The molecule has 1 fully saturated rings. The van der Waals surface area contributed by atoms with Crippen LogP contribution in [0.5, 0.6) is 11.5 Å². The van der Waals surface area contributed by atoms with E-state index < -0.39 is 0 Å². The molecule has 4 nitrogen and oxygen atoms in total. The maximum absolute atomic E-state index is 12.5. The fraction of sp³-hybridized carbons (Fsp3) is 0.526. The molecule has 0 aliphatic heterocycles. The fourth-order valence-electron chi connectivity index (χ4n) is 3.84. The molecule has 1 amide bonds. The third kappa shape index (κ3) is 3.36. The van der Waals surface area contributed by atoms with Crippen molar-refractivity contribution >= 4 is 5.91 Å². The number of methoxy groups -OCH3 is 2. The van der Waals surface area contributed by atoms with Crippen molar-refractivity contribution in [3.8, 4) is 11.5 Å². The molecule has 0 heterocycles. The van der Waals surface area contributed by atoms with Crippen molar-refractivity contribution < 1.29 is 14.3 Å². The number of fused-ring (bicyclic) bond motifs is 2. The van der Waals surface area contributed by atoms with Crippen molar-refractivity contribution in [2.45, 2.75) is 32.2 Å². The Morgan fingerprint density at radius 1 is 1.22 bits per heavy atom. The van der Waals surface area contributed by atoms with Gasteiger partial charge in [0.15, 0.2) is 11.5 Å². The SMILES string of the molecule is COc1ccc(C[C@H](C)NC(=O)[C@H]2C[C@H]3C=C[C@H]2C3)cc1OC. The Hall–Kier alpha value is -1.97. The van der Waals surface area contributed by atoms with Gasteiger partial charge in [-0.2, -0.15) is 0 Å². The highest BCUT2D eigenvalue weighted by atomic mass is 16.5. The van der Waals surface area contributed by atoms with Crippen LogP contribution in [-0.2, 0) is 11.2 Å². The first-order valence-electron chi connectivity index (χ1n) is 8.30. The summed E-state index contributed by atoms with van der Waals surface area (Å²) in [5.74, 6) is 2.89. The number of hydrogen-bond donors (Lipinski definition) is 1. The van der Waals surface area contributed by atoms with Gasteiger partial charge >= 0.3 is 0 Å². The summed E-state index contributed by atoms with van der Waals surface area (Å²) in [6.45, 7) is 2.05. The van der Waals surface area contributed by atoms with Crippen molar-refractivity contribution in [1.82, 2.24) is 5.32 Å². The van der Waals surface area contributed by atoms with Crippen LogP contribution in [0.15, 0.2) is 30.4 Å². The molecule has 0 aromatic heterocycles. The molecule has 0 saturated heterocycles. The van der Waals surface area contributed by atoms with Crippen molar-refractivity contribution in [1.29, 1.82) is 0 Å². The largest absolute Gasteiger partial charge is 0.493 e. The molecule has 4 atom stereocenters. The van der Waals surface area contributed by atoms with E-state index >= 15 is 0 Å². The third-order valence-corrected chi connectivity index (χ3v) is 4.99. The third-order valence-electron chi connectivity index (χ3n) is 4.99. The molecule has 124 valence electrons. The van der Waals surface area contributed by atoms with Crippen LogP contribution in [0.4, 0.5) is 0 Å². The number of rotatable bonds is 6. The van der Waals surface area contributed by atoms with Gasteiger partial charge in [0.1, 0.15) is 0 Å². The van der Waals surface area contributed by atoms with Gasteiger partial charge in [0.25, 0.3) is 0 Å². The van der Waals surface area contributed by atoms with Gasteiger partial charge in [0.2, 0.25) is 5.91 Å². The second kappa shape index (κ2) is 6.65.